The van der Waals surface area contributed by atoms with Crippen LogP contribution in [-0.2, 0) is 11.3 Å². The summed E-state index contributed by atoms with van der Waals surface area (Å²) in [5, 5.41) is 5.45. The highest BCUT2D eigenvalue weighted by atomic mass is 16.5. The predicted molar refractivity (Wildman–Crippen MR) is 82.7 cm³/mol. The van der Waals surface area contributed by atoms with E-state index in [0.29, 0.717) is 23.5 Å². The Morgan fingerprint density at radius 3 is 2.55 bits per heavy atom. The molecule has 1 aromatic heterocycles. The number of methoxy groups -OCH3 is 1. The van der Waals surface area contributed by atoms with Gasteiger partial charge in [-0.25, -0.2) is 0 Å². The van der Waals surface area contributed by atoms with Crippen LogP contribution < -0.4 is 15.4 Å². The molecule has 1 aromatic carbocycles. The molecule has 0 aliphatic carbocycles. The van der Waals surface area contributed by atoms with Crippen LogP contribution in [0.5, 0.6) is 5.75 Å². The molecule has 0 unspecified atom stereocenters. The zero-order valence-electron chi connectivity index (χ0n) is 12.4. The van der Waals surface area contributed by atoms with E-state index < -0.39 is 0 Å². The standard InChI is InChI=1S/C16H17N3O3/c1-11(20)19-14-9-13(3-4-15(14)22-2)16(21)18-10-12-5-7-17-8-6-12/h3-9H,10H2,1-2H3,(H,18,21)(H,19,20). The maximum atomic E-state index is 12.2. The Labute approximate surface area is 128 Å². The van der Waals surface area contributed by atoms with Crippen LogP contribution >= 0.6 is 0 Å². The van der Waals surface area contributed by atoms with Crippen molar-refractivity contribution >= 4 is 17.5 Å². The first-order chi connectivity index (χ1) is 10.6. The largest absolute Gasteiger partial charge is 0.495 e. The van der Waals surface area contributed by atoms with Gasteiger partial charge in [0.15, 0.2) is 0 Å². The highest BCUT2D eigenvalue weighted by Gasteiger charge is 2.11. The summed E-state index contributed by atoms with van der Waals surface area (Å²) in [7, 11) is 1.50. The van der Waals surface area contributed by atoms with Gasteiger partial charge in [0, 0.05) is 31.4 Å². The van der Waals surface area contributed by atoms with Crippen molar-refractivity contribution in [3.8, 4) is 5.75 Å². The number of pyridine rings is 1. The summed E-state index contributed by atoms with van der Waals surface area (Å²) in [6.45, 7) is 1.80. The Bertz CT molecular complexity index is 672. The van der Waals surface area contributed by atoms with E-state index in [4.69, 9.17) is 4.74 Å². The number of carbonyl (C=O) groups is 2. The molecule has 114 valence electrons. The number of ether oxygens (including phenoxy) is 1. The number of aromatic nitrogens is 1. The molecule has 2 N–H and O–H groups in total. The van der Waals surface area contributed by atoms with E-state index in [1.54, 1.807) is 30.6 Å². The first kappa shape index (κ1) is 15.5. The van der Waals surface area contributed by atoms with Crippen LogP contribution in [0.3, 0.4) is 0 Å². The SMILES string of the molecule is COc1ccc(C(=O)NCc2ccncc2)cc1NC(C)=O. The predicted octanol–water partition coefficient (Wildman–Crippen LogP) is 1.98. The van der Waals surface area contributed by atoms with Crippen LogP contribution in [0.15, 0.2) is 42.7 Å². The summed E-state index contributed by atoms with van der Waals surface area (Å²) in [5.74, 6) is 0.0413. The van der Waals surface area contributed by atoms with Crippen molar-refractivity contribution in [1.82, 2.24) is 10.3 Å². The smallest absolute Gasteiger partial charge is 0.251 e. The number of benzene rings is 1. The molecular weight excluding hydrogens is 282 g/mol. The second-order valence-corrected chi connectivity index (χ2v) is 4.63. The Hall–Kier alpha value is -2.89. The lowest BCUT2D eigenvalue weighted by molar-refractivity contribution is -0.114. The zero-order chi connectivity index (χ0) is 15.9. The topological polar surface area (TPSA) is 80.3 Å². The van der Waals surface area contributed by atoms with Gasteiger partial charge in [-0.2, -0.15) is 0 Å². The van der Waals surface area contributed by atoms with Crippen molar-refractivity contribution in [1.29, 1.82) is 0 Å². The molecule has 2 amide bonds. The van der Waals surface area contributed by atoms with E-state index in [-0.39, 0.29) is 11.8 Å². The van der Waals surface area contributed by atoms with Gasteiger partial charge in [-0.15, -0.1) is 0 Å². The molecule has 2 aromatic rings. The summed E-state index contributed by atoms with van der Waals surface area (Å²) in [4.78, 5) is 27.3. The summed E-state index contributed by atoms with van der Waals surface area (Å²) in [6.07, 6.45) is 3.34. The first-order valence-electron chi connectivity index (χ1n) is 6.73. The van der Waals surface area contributed by atoms with E-state index in [1.807, 2.05) is 12.1 Å². The van der Waals surface area contributed by atoms with Crippen molar-refractivity contribution in [3.05, 3.63) is 53.9 Å². The van der Waals surface area contributed by atoms with Gasteiger partial charge in [-0.1, -0.05) is 0 Å². The van der Waals surface area contributed by atoms with Gasteiger partial charge in [0.2, 0.25) is 5.91 Å². The van der Waals surface area contributed by atoms with Crippen molar-refractivity contribution in [2.75, 3.05) is 12.4 Å². The van der Waals surface area contributed by atoms with Crippen molar-refractivity contribution < 1.29 is 14.3 Å². The van der Waals surface area contributed by atoms with E-state index >= 15 is 0 Å². The fraction of sp³-hybridized carbons (Fsp3) is 0.188. The molecular formula is C16H17N3O3. The van der Waals surface area contributed by atoms with Gasteiger partial charge in [0.1, 0.15) is 5.75 Å². The molecule has 0 radical (unpaired) electrons. The summed E-state index contributed by atoms with van der Waals surface area (Å²) >= 11 is 0. The van der Waals surface area contributed by atoms with Crippen molar-refractivity contribution in [2.24, 2.45) is 0 Å². The van der Waals surface area contributed by atoms with Crippen molar-refractivity contribution in [3.63, 3.8) is 0 Å². The third-order valence-electron chi connectivity index (χ3n) is 2.97. The van der Waals surface area contributed by atoms with Gasteiger partial charge in [-0.05, 0) is 35.9 Å². The van der Waals surface area contributed by atoms with Gasteiger partial charge in [0.25, 0.3) is 5.91 Å². The number of hydrogen-bond donors (Lipinski definition) is 2. The minimum atomic E-state index is -0.230. The molecule has 2 rings (SSSR count). The van der Waals surface area contributed by atoms with Gasteiger partial charge < -0.3 is 15.4 Å². The third kappa shape index (κ3) is 4.05. The summed E-state index contributed by atoms with van der Waals surface area (Å²) < 4.78 is 5.16. The van der Waals surface area contributed by atoms with Crippen LogP contribution in [0.25, 0.3) is 0 Å². The number of anilines is 1. The minimum absolute atomic E-state index is 0.229. The normalized spacial score (nSPS) is 9.91. The molecule has 0 bridgehead atoms. The number of carbonyl (C=O) groups excluding carboxylic acids is 2. The molecule has 0 aliphatic heterocycles. The Morgan fingerprint density at radius 1 is 1.18 bits per heavy atom. The molecule has 0 atom stereocenters. The maximum Gasteiger partial charge on any atom is 0.251 e. The second kappa shape index (κ2) is 7.21. The molecule has 0 saturated carbocycles. The Morgan fingerprint density at radius 2 is 1.91 bits per heavy atom. The van der Waals surface area contributed by atoms with E-state index in [9.17, 15) is 9.59 Å². The van der Waals surface area contributed by atoms with Gasteiger partial charge in [-0.3, -0.25) is 14.6 Å². The number of nitrogens with zero attached hydrogens (tertiary/aromatic N) is 1. The summed E-state index contributed by atoms with van der Waals surface area (Å²) in [5.41, 5.74) is 1.86. The van der Waals surface area contributed by atoms with Gasteiger partial charge >= 0.3 is 0 Å². The fourth-order valence-electron chi connectivity index (χ4n) is 1.92. The fourth-order valence-corrected chi connectivity index (χ4v) is 1.92. The zero-order valence-corrected chi connectivity index (χ0v) is 12.4. The number of hydrogen-bond acceptors (Lipinski definition) is 4. The maximum absolute atomic E-state index is 12.2. The van der Waals surface area contributed by atoms with Crippen LogP contribution in [0.1, 0.15) is 22.8 Å². The van der Waals surface area contributed by atoms with Crippen LogP contribution in [0.2, 0.25) is 0 Å². The Balaban J connectivity index is 2.10. The highest BCUT2D eigenvalue weighted by Crippen LogP contribution is 2.25. The first-order valence-corrected chi connectivity index (χ1v) is 6.73. The number of nitrogens with one attached hydrogen (secondary N) is 2. The molecule has 0 spiro atoms. The van der Waals surface area contributed by atoms with E-state index in [2.05, 4.69) is 15.6 Å². The molecule has 0 fully saturated rings. The third-order valence-corrected chi connectivity index (χ3v) is 2.97. The quantitative estimate of drug-likeness (QED) is 0.884. The highest BCUT2D eigenvalue weighted by molar-refractivity contribution is 5.97. The number of amides is 2. The van der Waals surface area contributed by atoms with Crippen LogP contribution in [0, 0.1) is 0 Å². The average molecular weight is 299 g/mol. The molecule has 6 nitrogen and oxygen atoms in total. The van der Waals surface area contributed by atoms with E-state index in [1.165, 1.54) is 14.0 Å². The lowest BCUT2D eigenvalue weighted by Gasteiger charge is -2.11. The monoisotopic (exact) mass is 299 g/mol. The summed E-state index contributed by atoms with van der Waals surface area (Å²) in [6, 6.07) is 8.54. The van der Waals surface area contributed by atoms with Crippen LogP contribution in [-0.4, -0.2) is 23.9 Å². The molecule has 1 heterocycles. The molecule has 6 heteroatoms. The molecule has 0 aliphatic rings. The van der Waals surface area contributed by atoms with E-state index in [0.717, 1.165) is 5.56 Å². The second-order valence-electron chi connectivity index (χ2n) is 4.63. The van der Waals surface area contributed by atoms with Gasteiger partial charge in [0.05, 0.1) is 12.8 Å². The average Bonchev–Trinajstić information content (AvgIpc) is 2.53. The van der Waals surface area contributed by atoms with Crippen LogP contribution in [0.4, 0.5) is 5.69 Å². The minimum Gasteiger partial charge on any atom is -0.495 e. The molecule has 22 heavy (non-hydrogen) atoms. The number of rotatable bonds is 5. The molecule has 0 saturated heterocycles. The van der Waals surface area contributed by atoms with Crippen molar-refractivity contribution in [2.45, 2.75) is 13.5 Å². The Kier molecular flexibility index (Phi) is 5.08. The lowest BCUT2D eigenvalue weighted by atomic mass is 10.1. The lowest BCUT2D eigenvalue weighted by Crippen LogP contribution is -2.23.